The summed E-state index contributed by atoms with van der Waals surface area (Å²) < 4.78 is 4.39. The van der Waals surface area contributed by atoms with Crippen molar-refractivity contribution in [1.29, 1.82) is 0 Å². The lowest BCUT2D eigenvalue weighted by Crippen LogP contribution is -1.97. The van der Waals surface area contributed by atoms with Crippen LogP contribution in [0.1, 0.15) is 136 Å². The van der Waals surface area contributed by atoms with Crippen LogP contribution in [-0.4, -0.2) is 36.1 Å². The fourth-order valence-corrected chi connectivity index (χ4v) is 6.37. The molecule has 0 aliphatic carbocycles. The molecule has 0 rings (SSSR count). The Bertz CT molecular complexity index is 213. The summed E-state index contributed by atoms with van der Waals surface area (Å²) in [7, 11) is 2.92. The number of rotatable bonds is 21. The fraction of sp³-hybridized carbons (Fsp3) is 1.00. The molecule has 0 saturated heterocycles. The standard InChI is InChI=1S/C24H51P.CH6OSi/c1-4-7-10-13-16-19-22-25(23-20-17-14-11-8-5-2)24-21-18-15-12-9-6-3;1-2-3/h4-24H2,1-3H3;1,3H3. The molecule has 0 aliphatic rings. The first-order valence-corrected chi connectivity index (χ1v) is 15.6. The molecule has 0 amide bonds. The van der Waals surface area contributed by atoms with Gasteiger partial charge in [-0.2, -0.15) is 0 Å². The van der Waals surface area contributed by atoms with Gasteiger partial charge in [-0.1, -0.05) is 117 Å². The zero-order valence-electron chi connectivity index (χ0n) is 20.7. The Kier molecular flexibility index (Phi) is 32.8. The van der Waals surface area contributed by atoms with Crippen LogP contribution in [0.5, 0.6) is 0 Å². The van der Waals surface area contributed by atoms with Gasteiger partial charge in [-0.3, -0.25) is 0 Å². The molecular weight excluding hydrogens is 375 g/mol. The predicted octanol–water partition coefficient (Wildman–Crippen LogP) is 8.46. The van der Waals surface area contributed by atoms with Crippen LogP contribution in [-0.2, 0) is 4.43 Å². The molecule has 3 heteroatoms. The van der Waals surface area contributed by atoms with Crippen molar-refractivity contribution in [1.82, 2.24) is 0 Å². The minimum Gasteiger partial charge on any atom is -0.431 e. The van der Waals surface area contributed by atoms with E-state index in [2.05, 4.69) is 25.2 Å². The Morgan fingerprint density at radius 3 is 0.929 bits per heavy atom. The van der Waals surface area contributed by atoms with Crippen molar-refractivity contribution in [3.8, 4) is 0 Å². The van der Waals surface area contributed by atoms with Gasteiger partial charge in [0.25, 0.3) is 0 Å². The molecule has 0 fully saturated rings. The molecule has 0 aromatic carbocycles. The summed E-state index contributed by atoms with van der Waals surface area (Å²) in [5.74, 6) is 0. The number of hydrogen-bond acceptors (Lipinski definition) is 1. The first-order valence-electron chi connectivity index (χ1n) is 12.9. The Balaban J connectivity index is 0. The molecule has 0 spiro atoms. The summed E-state index contributed by atoms with van der Waals surface area (Å²) in [6.45, 7) is 6.96. The van der Waals surface area contributed by atoms with E-state index in [1.807, 2.05) is 0 Å². The first-order chi connectivity index (χ1) is 13.8. The maximum atomic E-state index is 4.39. The third-order valence-corrected chi connectivity index (χ3v) is 8.33. The zero-order chi connectivity index (χ0) is 21.1. The Morgan fingerprint density at radius 2 is 0.679 bits per heavy atom. The van der Waals surface area contributed by atoms with Gasteiger partial charge in [-0.15, -0.1) is 7.92 Å². The largest absolute Gasteiger partial charge is 0.431 e. The molecular formula is C25H57OPSi. The highest BCUT2D eigenvalue weighted by Crippen LogP contribution is 2.39. The van der Waals surface area contributed by atoms with Crippen LogP contribution in [0.4, 0.5) is 0 Å². The van der Waals surface area contributed by atoms with Gasteiger partial charge in [-0.25, -0.2) is 0 Å². The second-order valence-electron chi connectivity index (χ2n) is 8.55. The third kappa shape index (κ3) is 28.8. The van der Waals surface area contributed by atoms with E-state index in [1.165, 1.54) is 116 Å². The van der Waals surface area contributed by atoms with E-state index in [0.717, 1.165) is 10.5 Å². The van der Waals surface area contributed by atoms with Crippen molar-refractivity contribution in [2.45, 2.75) is 136 Å². The second kappa shape index (κ2) is 29.8. The van der Waals surface area contributed by atoms with E-state index in [1.54, 1.807) is 25.6 Å². The average molecular weight is 433 g/mol. The van der Waals surface area contributed by atoms with Crippen LogP contribution in [0.2, 0.25) is 0 Å². The molecule has 172 valence electrons. The quantitative estimate of drug-likeness (QED) is 0.100. The lowest BCUT2D eigenvalue weighted by Gasteiger charge is -2.18. The highest BCUT2D eigenvalue weighted by molar-refractivity contribution is 7.57. The van der Waals surface area contributed by atoms with Crippen molar-refractivity contribution in [3.05, 3.63) is 0 Å². The molecule has 0 atom stereocenters. The smallest absolute Gasteiger partial charge is 0.145 e. The Labute approximate surface area is 184 Å². The van der Waals surface area contributed by atoms with Gasteiger partial charge in [0.15, 0.2) is 0 Å². The second-order valence-corrected chi connectivity index (χ2v) is 12.1. The lowest BCUT2D eigenvalue weighted by molar-refractivity contribution is 0.460. The molecule has 0 saturated carbocycles. The molecule has 0 aromatic rings. The Hall–Kier alpha value is 0.607. The van der Waals surface area contributed by atoms with Gasteiger partial charge >= 0.3 is 0 Å². The van der Waals surface area contributed by atoms with Crippen LogP contribution >= 0.6 is 7.92 Å². The summed E-state index contributed by atoms with van der Waals surface area (Å²) in [5.41, 5.74) is 0. The molecule has 0 unspecified atom stereocenters. The first kappa shape index (κ1) is 30.8. The average Bonchev–Trinajstić information content (AvgIpc) is 2.69. The molecule has 0 radical (unpaired) electrons. The van der Waals surface area contributed by atoms with Gasteiger partial charge in [0.1, 0.15) is 10.5 Å². The minimum atomic E-state index is 0.366. The van der Waals surface area contributed by atoms with Gasteiger partial charge in [-0.05, 0) is 37.7 Å². The lowest BCUT2D eigenvalue weighted by atomic mass is 10.1. The van der Waals surface area contributed by atoms with Crippen molar-refractivity contribution in [2.75, 3.05) is 25.6 Å². The van der Waals surface area contributed by atoms with Crippen molar-refractivity contribution in [3.63, 3.8) is 0 Å². The maximum absolute atomic E-state index is 4.39. The van der Waals surface area contributed by atoms with Crippen LogP contribution in [0, 0.1) is 0 Å². The van der Waals surface area contributed by atoms with Crippen LogP contribution in [0.25, 0.3) is 0 Å². The monoisotopic (exact) mass is 432 g/mol. The highest BCUT2D eigenvalue weighted by atomic mass is 31.1. The molecule has 0 aromatic heterocycles. The molecule has 1 nitrogen and oxygen atoms in total. The molecule has 0 N–H and O–H groups in total. The van der Waals surface area contributed by atoms with E-state index >= 15 is 0 Å². The number of unbranched alkanes of at least 4 members (excludes halogenated alkanes) is 15. The zero-order valence-corrected chi connectivity index (χ0v) is 23.6. The molecule has 0 aliphatic heterocycles. The van der Waals surface area contributed by atoms with Crippen molar-refractivity contribution < 1.29 is 4.43 Å². The normalized spacial score (nSPS) is 11.0. The van der Waals surface area contributed by atoms with Crippen LogP contribution in [0.3, 0.4) is 0 Å². The fourth-order valence-electron chi connectivity index (χ4n) is 3.68. The SMILES string of the molecule is CCCCCCCCP(CCCCCCCC)CCCCCCCC.CO[SiH3]. The third-order valence-electron chi connectivity index (χ3n) is 5.48. The Morgan fingerprint density at radius 1 is 0.464 bits per heavy atom. The topological polar surface area (TPSA) is 9.23 Å². The predicted molar refractivity (Wildman–Crippen MR) is 139 cm³/mol. The van der Waals surface area contributed by atoms with Gasteiger partial charge in [0.05, 0.1) is 0 Å². The summed E-state index contributed by atoms with van der Waals surface area (Å²) in [5, 5.41) is 0. The van der Waals surface area contributed by atoms with E-state index < -0.39 is 0 Å². The van der Waals surface area contributed by atoms with Gasteiger partial charge in [0, 0.05) is 7.11 Å². The van der Waals surface area contributed by atoms with E-state index in [4.69, 9.17) is 0 Å². The minimum absolute atomic E-state index is 0.366. The van der Waals surface area contributed by atoms with Crippen molar-refractivity contribution in [2.24, 2.45) is 0 Å². The summed E-state index contributed by atoms with van der Waals surface area (Å²) >= 11 is 0. The molecule has 28 heavy (non-hydrogen) atoms. The summed E-state index contributed by atoms with van der Waals surface area (Å²) in [6.07, 6.45) is 31.2. The van der Waals surface area contributed by atoms with E-state index in [9.17, 15) is 0 Å². The van der Waals surface area contributed by atoms with Crippen molar-refractivity contribution >= 4 is 18.4 Å². The summed E-state index contributed by atoms with van der Waals surface area (Å²) in [6, 6.07) is 0. The van der Waals surface area contributed by atoms with Gasteiger partial charge in [0.2, 0.25) is 0 Å². The van der Waals surface area contributed by atoms with Crippen LogP contribution < -0.4 is 0 Å². The molecule has 0 heterocycles. The summed E-state index contributed by atoms with van der Waals surface area (Å²) in [4.78, 5) is 0. The highest BCUT2D eigenvalue weighted by Gasteiger charge is 2.07. The maximum Gasteiger partial charge on any atom is 0.145 e. The van der Waals surface area contributed by atoms with E-state index in [0.29, 0.717) is 7.92 Å². The van der Waals surface area contributed by atoms with E-state index in [-0.39, 0.29) is 0 Å². The van der Waals surface area contributed by atoms with Crippen LogP contribution in [0.15, 0.2) is 0 Å². The number of hydrogen-bond donors (Lipinski definition) is 0. The van der Waals surface area contributed by atoms with Gasteiger partial charge < -0.3 is 4.43 Å². The molecule has 0 bridgehead atoms.